The van der Waals surface area contributed by atoms with E-state index in [9.17, 15) is 14.3 Å². The topological polar surface area (TPSA) is 53.4 Å². The van der Waals surface area contributed by atoms with Gasteiger partial charge in [-0.3, -0.25) is 4.79 Å². The van der Waals surface area contributed by atoms with Gasteiger partial charge in [-0.1, -0.05) is 18.2 Å². The minimum absolute atomic E-state index is 0.0404. The minimum atomic E-state index is -0.457. The predicted octanol–water partition coefficient (Wildman–Crippen LogP) is 2.20. The predicted molar refractivity (Wildman–Crippen MR) is 68.1 cm³/mol. The molecule has 2 rings (SSSR count). The largest absolute Gasteiger partial charge is 0.505 e. The van der Waals surface area contributed by atoms with E-state index in [0.717, 1.165) is 0 Å². The van der Waals surface area contributed by atoms with E-state index < -0.39 is 5.91 Å². The SMILES string of the molecule is CN(Cc1ccccc1F)C(=O)c1ncccc1O. The van der Waals surface area contributed by atoms with Gasteiger partial charge in [0.1, 0.15) is 11.6 Å². The molecular formula is C14H13FN2O2. The van der Waals surface area contributed by atoms with E-state index in [-0.39, 0.29) is 23.8 Å². The maximum Gasteiger partial charge on any atom is 0.276 e. The summed E-state index contributed by atoms with van der Waals surface area (Å²) >= 11 is 0. The van der Waals surface area contributed by atoms with Gasteiger partial charge in [-0.25, -0.2) is 9.37 Å². The molecule has 98 valence electrons. The van der Waals surface area contributed by atoms with Gasteiger partial charge in [0.2, 0.25) is 0 Å². The standard InChI is InChI=1S/C14H13FN2O2/c1-17(9-10-5-2-3-6-11(10)15)14(19)13-12(18)7-4-8-16-13/h2-8,18H,9H2,1H3. The fourth-order valence-corrected chi connectivity index (χ4v) is 1.70. The summed E-state index contributed by atoms with van der Waals surface area (Å²) in [5.41, 5.74) is 0.370. The Morgan fingerprint density at radius 3 is 2.74 bits per heavy atom. The summed E-state index contributed by atoms with van der Waals surface area (Å²) in [5.74, 6) is -1.01. The third-order valence-corrected chi connectivity index (χ3v) is 2.70. The van der Waals surface area contributed by atoms with Gasteiger partial charge in [0.05, 0.1) is 0 Å². The first-order chi connectivity index (χ1) is 9.09. The lowest BCUT2D eigenvalue weighted by Gasteiger charge is -2.17. The van der Waals surface area contributed by atoms with E-state index >= 15 is 0 Å². The van der Waals surface area contributed by atoms with Crippen molar-refractivity contribution >= 4 is 5.91 Å². The summed E-state index contributed by atoms with van der Waals surface area (Å²) in [6.07, 6.45) is 1.42. The monoisotopic (exact) mass is 260 g/mol. The van der Waals surface area contributed by atoms with Gasteiger partial charge in [-0.2, -0.15) is 0 Å². The van der Waals surface area contributed by atoms with Crippen LogP contribution in [0.3, 0.4) is 0 Å². The third kappa shape index (κ3) is 2.88. The Labute approximate surface area is 110 Å². The summed E-state index contributed by atoms with van der Waals surface area (Å²) in [4.78, 5) is 17.2. The van der Waals surface area contributed by atoms with Crippen molar-refractivity contribution in [3.8, 4) is 5.75 Å². The number of pyridine rings is 1. The number of nitrogens with zero attached hydrogens (tertiary/aromatic N) is 2. The minimum Gasteiger partial charge on any atom is -0.505 e. The van der Waals surface area contributed by atoms with Crippen LogP contribution in [0.15, 0.2) is 42.6 Å². The summed E-state index contributed by atoms with van der Waals surface area (Å²) in [5, 5.41) is 9.57. The smallest absolute Gasteiger partial charge is 0.276 e. The molecule has 0 aliphatic rings. The zero-order valence-electron chi connectivity index (χ0n) is 10.4. The van der Waals surface area contributed by atoms with Crippen molar-refractivity contribution < 1.29 is 14.3 Å². The van der Waals surface area contributed by atoms with Gasteiger partial charge in [0.25, 0.3) is 5.91 Å². The molecule has 0 saturated carbocycles. The van der Waals surface area contributed by atoms with E-state index in [1.54, 1.807) is 18.2 Å². The van der Waals surface area contributed by atoms with Gasteiger partial charge >= 0.3 is 0 Å². The molecule has 0 fully saturated rings. The average molecular weight is 260 g/mol. The first-order valence-electron chi connectivity index (χ1n) is 5.72. The quantitative estimate of drug-likeness (QED) is 0.920. The molecule has 0 spiro atoms. The summed E-state index contributed by atoms with van der Waals surface area (Å²) in [6.45, 7) is 0.113. The van der Waals surface area contributed by atoms with Crippen LogP contribution in [0.2, 0.25) is 0 Å². The van der Waals surface area contributed by atoms with Crippen molar-refractivity contribution in [3.63, 3.8) is 0 Å². The molecule has 1 aromatic carbocycles. The van der Waals surface area contributed by atoms with Gasteiger partial charge in [0, 0.05) is 25.4 Å². The maximum absolute atomic E-state index is 13.5. The Morgan fingerprint density at radius 1 is 1.32 bits per heavy atom. The number of hydrogen-bond acceptors (Lipinski definition) is 3. The van der Waals surface area contributed by atoms with Crippen molar-refractivity contribution in [2.45, 2.75) is 6.54 Å². The van der Waals surface area contributed by atoms with Gasteiger partial charge in [-0.05, 0) is 18.2 Å². The van der Waals surface area contributed by atoms with Crippen molar-refractivity contribution in [3.05, 3.63) is 59.7 Å². The van der Waals surface area contributed by atoms with Crippen LogP contribution >= 0.6 is 0 Å². The number of hydrogen-bond donors (Lipinski definition) is 1. The highest BCUT2D eigenvalue weighted by Crippen LogP contribution is 2.16. The second kappa shape index (κ2) is 5.48. The van der Waals surface area contributed by atoms with Gasteiger partial charge in [-0.15, -0.1) is 0 Å². The highest BCUT2D eigenvalue weighted by Gasteiger charge is 2.17. The summed E-state index contributed by atoms with van der Waals surface area (Å²) < 4.78 is 13.5. The number of benzene rings is 1. The van der Waals surface area contributed by atoms with Crippen LogP contribution in [0.1, 0.15) is 16.1 Å². The molecule has 0 aliphatic carbocycles. The van der Waals surface area contributed by atoms with E-state index in [0.29, 0.717) is 5.56 Å². The Morgan fingerprint density at radius 2 is 2.05 bits per heavy atom. The molecule has 0 saturated heterocycles. The van der Waals surface area contributed by atoms with Crippen LogP contribution in [-0.2, 0) is 6.54 Å². The van der Waals surface area contributed by atoms with Crippen LogP contribution < -0.4 is 0 Å². The molecule has 1 N–H and O–H groups in total. The molecule has 1 heterocycles. The molecule has 0 atom stereocenters. The molecule has 0 aliphatic heterocycles. The highest BCUT2D eigenvalue weighted by molar-refractivity contribution is 5.94. The van der Waals surface area contributed by atoms with E-state index in [2.05, 4.69) is 4.98 Å². The van der Waals surface area contributed by atoms with Crippen molar-refractivity contribution in [1.82, 2.24) is 9.88 Å². The molecule has 0 bridgehead atoms. The molecule has 0 radical (unpaired) electrons. The Hall–Kier alpha value is -2.43. The number of halogens is 1. The first-order valence-corrected chi connectivity index (χ1v) is 5.72. The molecular weight excluding hydrogens is 247 g/mol. The first kappa shape index (κ1) is 13.0. The Bertz CT molecular complexity index is 602. The zero-order chi connectivity index (χ0) is 13.8. The van der Waals surface area contributed by atoms with Crippen molar-refractivity contribution in [2.24, 2.45) is 0 Å². The van der Waals surface area contributed by atoms with E-state index in [1.165, 1.54) is 36.3 Å². The Kier molecular flexibility index (Phi) is 3.75. The average Bonchev–Trinajstić information content (AvgIpc) is 2.41. The molecule has 1 amide bonds. The fourth-order valence-electron chi connectivity index (χ4n) is 1.70. The molecule has 4 nitrogen and oxygen atoms in total. The van der Waals surface area contributed by atoms with E-state index in [4.69, 9.17) is 0 Å². The summed E-state index contributed by atoms with van der Waals surface area (Å²) in [6, 6.07) is 9.16. The van der Waals surface area contributed by atoms with Crippen LogP contribution in [0.4, 0.5) is 4.39 Å². The molecule has 0 unspecified atom stereocenters. The lowest BCUT2D eigenvalue weighted by molar-refractivity contribution is 0.0774. The van der Waals surface area contributed by atoms with Crippen LogP contribution in [0, 0.1) is 5.82 Å². The number of carbonyl (C=O) groups is 1. The van der Waals surface area contributed by atoms with Crippen LogP contribution in [0.5, 0.6) is 5.75 Å². The van der Waals surface area contributed by atoms with Gasteiger partial charge < -0.3 is 10.0 Å². The normalized spacial score (nSPS) is 10.2. The lowest BCUT2D eigenvalue weighted by Crippen LogP contribution is -2.27. The summed E-state index contributed by atoms with van der Waals surface area (Å²) in [7, 11) is 1.53. The van der Waals surface area contributed by atoms with Gasteiger partial charge in [0.15, 0.2) is 5.69 Å². The molecule has 2 aromatic rings. The third-order valence-electron chi connectivity index (χ3n) is 2.70. The lowest BCUT2D eigenvalue weighted by atomic mass is 10.2. The number of rotatable bonds is 3. The second-order valence-electron chi connectivity index (χ2n) is 4.12. The number of aromatic hydroxyl groups is 1. The zero-order valence-corrected chi connectivity index (χ0v) is 10.4. The van der Waals surface area contributed by atoms with E-state index in [1.807, 2.05) is 0 Å². The van der Waals surface area contributed by atoms with Crippen molar-refractivity contribution in [1.29, 1.82) is 0 Å². The Balaban J connectivity index is 2.17. The van der Waals surface area contributed by atoms with Crippen molar-refractivity contribution in [2.75, 3.05) is 7.05 Å². The second-order valence-corrected chi connectivity index (χ2v) is 4.12. The number of aromatic nitrogens is 1. The number of amides is 1. The maximum atomic E-state index is 13.5. The van der Waals surface area contributed by atoms with Crippen LogP contribution in [-0.4, -0.2) is 27.9 Å². The molecule has 19 heavy (non-hydrogen) atoms. The number of carbonyl (C=O) groups excluding carboxylic acids is 1. The fraction of sp³-hybridized carbons (Fsp3) is 0.143. The highest BCUT2D eigenvalue weighted by atomic mass is 19.1. The molecule has 1 aromatic heterocycles. The van der Waals surface area contributed by atoms with Crippen LogP contribution in [0.25, 0.3) is 0 Å². The molecule has 5 heteroatoms.